The predicted octanol–water partition coefficient (Wildman–Crippen LogP) is 2.73. The van der Waals surface area contributed by atoms with E-state index in [1.807, 2.05) is 13.8 Å². The summed E-state index contributed by atoms with van der Waals surface area (Å²) in [6.07, 6.45) is 0. The van der Waals surface area contributed by atoms with Crippen molar-refractivity contribution in [2.75, 3.05) is 0 Å². The summed E-state index contributed by atoms with van der Waals surface area (Å²) < 4.78 is 5.18. The Kier molecular flexibility index (Phi) is 4.04. The average molecular weight is 234 g/mol. The first kappa shape index (κ1) is 13.0. The number of carbonyl (C=O) groups is 1. The van der Waals surface area contributed by atoms with Gasteiger partial charge in [0.05, 0.1) is 0 Å². The third-order valence-corrected chi connectivity index (χ3v) is 2.08. The summed E-state index contributed by atoms with van der Waals surface area (Å²) in [5.74, 6) is -0.466. The monoisotopic (exact) mass is 234 g/mol. The van der Waals surface area contributed by atoms with E-state index in [1.54, 1.807) is 6.07 Å². The van der Waals surface area contributed by atoms with Gasteiger partial charge < -0.3 is 9.52 Å². The van der Waals surface area contributed by atoms with Gasteiger partial charge in [-0.15, -0.1) is 0 Å². The lowest BCUT2D eigenvalue weighted by Gasteiger charge is -2.00. The Hall–Kier alpha value is -2.10. The minimum absolute atomic E-state index is 0.00176. The maximum Gasteiger partial charge on any atom is 0.197 e. The van der Waals surface area contributed by atoms with Gasteiger partial charge in [0.15, 0.2) is 17.0 Å². The van der Waals surface area contributed by atoms with Gasteiger partial charge in [0.1, 0.15) is 16.7 Å². The highest BCUT2D eigenvalue weighted by atomic mass is 16.3. The third-order valence-electron chi connectivity index (χ3n) is 2.08. The van der Waals surface area contributed by atoms with Gasteiger partial charge >= 0.3 is 0 Å². The second-order valence-electron chi connectivity index (χ2n) is 3.18. The molecule has 0 aliphatic carbocycles. The van der Waals surface area contributed by atoms with Crippen molar-refractivity contribution in [1.29, 1.82) is 0 Å². The van der Waals surface area contributed by atoms with Crippen LogP contribution in [-0.2, 0) is 0 Å². The second-order valence-corrected chi connectivity index (χ2v) is 3.18. The lowest BCUT2D eigenvalue weighted by molar-refractivity contribution is 0.0987. The Bertz CT molecular complexity index is 596. The molecule has 0 saturated carbocycles. The van der Waals surface area contributed by atoms with Gasteiger partial charge in [-0.25, -0.2) is 0 Å². The van der Waals surface area contributed by atoms with Crippen LogP contribution in [0.1, 0.15) is 31.3 Å². The van der Waals surface area contributed by atoms with E-state index in [4.69, 9.17) is 4.42 Å². The number of carbonyl (C=O) groups excluding carboxylic acids is 1. The molecular formula is C13H14O4. The number of hydrogen-bond donors (Lipinski definition) is 1. The molecule has 90 valence electrons. The van der Waals surface area contributed by atoms with Crippen molar-refractivity contribution in [2.24, 2.45) is 0 Å². The molecule has 0 spiro atoms. The van der Waals surface area contributed by atoms with Gasteiger partial charge in [-0.1, -0.05) is 19.9 Å². The fraction of sp³-hybridized carbons (Fsp3) is 0.231. The van der Waals surface area contributed by atoms with Crippen molar-refractivity contribution < 1.29 is 14.3 Å². The summed E-state index contributed by atoms with van der Waals surface area (Å²) in [4.78, 5) is 22.6. The molecule has 0 unspecified atom stereocenters. The Labute approximate surface area is 98.5 Å². The fourth-order valence-corrected chi connectivity index (χ4v) is 1.36. The fourth-order valence-electron chi connectivity index (χ4n) is 1.36. The zero-order chi connectivity index (χ0) is 13.0. The molecule has 0 aliphatic rings. The van der Waals surface area contributed by atoms with Crippen LogP contribution in [-0.4, -0.2) is 10.9 Å². The maximum absolute atomic E-state index is 11.6. The molecule has 17 heavy (non-hydrogen) atoms. The van der Waals surface area contributed by atoms with Crippen LogP contribution in [0.4, 0.5) is 0 Å². The Morgan fingerprint density at radius 2 is 1.94 bits per heavy atom. The van der Waals surface area contributed by atoms with E-state index in [0.29, 0.717) is 0 Å². The molecule has 0 radical (unpaired) electrons. The van der Waals surface area contributed by atoms with Crippen LogP contribution in [0.25, 0.3) is 11.0 Å². The smallest absolute Gasteiger partial charge is 0.197 e. The number of ketones is 1. The molecule has 1 N–H and O–H groups in total. The van der Waals surface area contributed by atoms with Crippen molar-refractivity contribution in [3.05, 3.63) is 40.2 Å². The Morgan fingerprint density at radius 1 is 1.29 bits per heavy atom. The van der Waals surface area contributed by atoms with Gasteiger partial charge in [-0.2, -0.15) is 0 Å². The number of phenols is 1. The van der Waals surface area contributed by atoms with Crippen LogP contribution in [0.15, 0.2) is 33.5 Å². The standard InChI is InChI=1S/C11H8O4.C2H6/c1-6(12)10-5-8(14)11-7(13)3-2-4-9(11)15-10;1-2/h2-5,13H,1H3;1-2H3. The van der Waals surface area contributed by atoms with Crippen molar-refractivity contribution in [2.45, 2.75) is 20.8 Å². The highest BCUT2D eigenvalue weighted by Crippen LogP contribution is 2.21. The Morgan fingerprint density at radius 3 is 2.53 bits per heavy atom. The van der Waals surface area contributed by atoms with Crippen molar-refractivity contribution >= 4 is 16.8 Å². The number of hydrogen-bond acceptors (Lipinski definition) is 4. The molecule has 0 bridgehead atoms. The molecule has 0 aliphatic heterocycles. The van der Waals surface area contributed by atoms with Crippen LogP contribution in [0.3, 0.4) is 0 Å². The van der Waals surface area contributed by atoms with Crippen molar-refractivity contribution in [3.8, 4) is 5.75 Å². The summed E-state index contributed by atoms with van der Waals surface area (Å²) in [6.45, 7) is 5.31. The second kappa shape index (κ2) is 5.30. The first-order valence-electron chi connectivity index (χ1n) is 5.36. The van der Waals surface area contributed by atoms with Gasteiger partial charge in [-0.3, -0.25) is 9.59 Å². The lowest BCUT2D eigenvalue weighted by atomic mass is 10.2. The predicted molar refractivity (Wildman–Crippen MR) is 65.5 cm³/mol. The summed E-state index contributed by atoms with van der Waals surface area (Å²) in [5, 5.41) is 9.54. The first-order valence-corrected chi connectivity index (χ1v) is 5.36. The van der Waals surface area contributed by atoms with Crippen LogP contribution >= 0.6 is 0 Å². The van der Waals surface area contributed by atoms with E-state index in [9.17, 15) is 14.7 Å². The van der Waals surface area contributed by atoms with Gasteiger partial charge in [0.25, 0.3) is 0 Å². The van der Waals surface area contributed by atoms with Crippen LogP contribution in [0.2, 0.25) is 0 Å². The molecule has 1 aromatic heterocycles. The van der Waals surface area contributed by atoms with Gasteiger partial charge in [0, 0.05) is 13.0 Å². The molecule has 2 rings (SSSR count). The number of rotatable bonds is 1. The molecule has 4 heteroatoms. The molecule has 4 nitrogen and oxygen atoms in total. The van der Waals surface area contributed by atoms with Crippen LogP contribution in [0.5, 0.6) is 5.75 Å². The quantitative estimate of drug-likeness (QED) is 0.770. The molecule has 0 saturated heterocycles. The third kappa shape index (κ3) is 2.53. The van der Waals surface area contributed by atoms with Gasteiger partial charge in [-0.05, 0) is 12.1 Å². The summed E-state index contributed by atoms with van der Waals surface area (Å²) in [5.41, 5.74) is -0.202. The van der Waals surface area contributed by atoms with Crippen molar-refractivity contribution in [3.63, 3.8) is 0 Å². The van der Waals surface area contributed by atoms with E-state index in [2.05, 4.69) is 0 Å². The minimum Gasteiger partial charge on any atom is -0.507 e. The zero-order valence-corrected chi connectivity index (χ0v) is 9.98. The molecule has 1 aromatic carbocycles. The van der Waals surface area contributed by atoms with E-state index in [1.165, 1.54) is 19.1 Å². The highest BCUT2D eigenvalue weighted by molar-refractivity contribution is 5.93. The van der Waals surface area contributed by atoms with E-state index in [-0.39, 0.29) is 28.3 Å². The Balaban J connectivity index is 0.000000686. The van der Waals surface area contributed by atoms with Gasteiger partial charge in [0.2, 0.25) is 0 Å². The summed E-state index contributed by atoms with van der Waals surface area (Å²) >= 11 is 0. The summed E-state index contributed by atoms with van der Waals surface area (Å²) in [7, 11) is 0. The molecule has 0 atom stereocenters. The molecule has 2 aromatic rings. The minimum atomic E-state index is -0.417. The lowest BCUT2D eigenvalue weighted by Crippen LogP contribution is -2.04. The largest absolute Gasteiger partial charge is 0.507 e. The molecule has 0 fully saturated rings. The van der Waals surface area contributed by atoms with E-state index >= 15 is 0 Å². The number of fused-ring (bicyclic) bond motifs is 1. The molecule has 1 heterocycles. The number of benzene rings is 1. The maximum atomic E-state index is 11.6. The summed E-state index contributed by atoms with van der Waals surface area (Å²) in [6, 6.07) is 5.56. The topological polar surface area (TPSA) is 67.5 Å². The number of aromatic hydroxyl groups is 1. The normalized spacial score (nSPS) is 9.59. The number of Topliss-reactive ketones (excluding diaryl/α,β-unsaturated/α-hetero) is 1. The van der Waals surface area contributed by atoms with Crippen molar-refractivity contribution in [1.82, 2.24) is 0 Å². The number of phenolic OH excluding ortho intramolecular Hbond substituents is 1. The molecular weight excluding hydrogens is 220 g/mol. The van der Waals surface area contributed by atoms with Crippen LogP contribution in [0, 0.1) is 0 Å². The van der Waals surface area contributed by atoms with E-state index in [0.717, 1.165) is 6.07 Å². The highest BCUT2D eigenvalue weighted by Gasteiger charge is 2.10. The average Bonchev–Trinajstić information content (AvgIpc) is 2.31. The zero-order valence-electron chi connectivity index (χ0n) is 9.98. The van der Waals surface area contributed by atoms with Crippen LogP contribution < -0.4 is 5.43 Å². The van der Waals surface area contributed by atoms with E-state index < -0.39 is 5.43 Å². The SMILES string of the molecule is CC.CC(=O)c1cc(=O)c2c(O)cccc2o1. The first-order chi connectivity index (χ1) is 8.09. The molecule has 0 amide bonds.